The van der Waals surface area contributed by atoms with Crippen LogP contribution in [0.4, 0.5) is 10.1 Å². The topological polar surface area (TPSA) is 23.6 Å². The van der Waals surface area contributed by atoms with Crippen LogP contribution in [-0.4, -0.2) is 27.7 Å². The summed E-state index contributed by atoms with van der Waals surface area (Å²) < 4.78 is 13.2. The van der Waals surface area contributed by atoms with Crippen molar-refractivity contribution in [2.45, 2.75) is 11.4 Å². The fourth-order valence-electron chi connectivity index (χ4n) is 3.00. The molecule has 2 fully saturated rings. The largest absolute Gasteiger partial charge is 0.319 e. The summed E-state index contributed by atoms with van der Waals surface area (Å²) >= 11 is 13.2. The van der Waals surface area contributed by atoms with Gasteiger partial charge in [-0.15, -0.1) is 11.8 Å². The lowest BCUT2D eigenvalue weighted by Gasteiger charge is -2.25. The maximum atomic E-state index is 13.2. The molecule has 0 spiro atoms. The molecule has 3 nitrogen and oxygen atoms in total. The third-order valence-corrected chi connectivity index (χ3v) is 6.13. The Balaban J connectivity index is 1.67. The first kappa shape index (κ1) is 15.9. The van der Waals surface area contributed by atoms with Crippen molar-refractivity contribution < 1.29 is 9.18 Å². The van der Waals surface area contributed by atoms with Crippen LogP contribution in [0.25, 0.3) is 0 Å². The SMILES string of the molecule is O=C1[C@@H]2CSC(c3ccc(Cl)cc3)N2C(=S)N1c1ccc(F)cc1. The number of benzene rings is 2. The van der Waals surface area contributed by atoms with Gasteiger partial charge in [-0.1, -0.05) is 23.7 Å². The minimum absolute atomic E-state index is 0.0193. The second-order valence-electron chi connectivity index (χ2n) is 5.59. The average molecular weight is 379 g/mol. The monoisotopic (exact) mass is 378 g/mol. The number of fused-ring (bicyclic) bond motifs is 1. The summed E-state index contributed by atoms with van der Waals surface area (Å²) in [5.74, 6) is 0.270. The Morgan fingerprint density at radius 3 is 2.46 bits per heavy atom. The average Bonchev–Trinajstić information content (AvgIpc) is 3.11. The number of thioether (sulfide) groups is 1. The lowest BCUT2D eigenvalue weighted by atomic mass is 10.2. The molecule has 2 aliphatic heterocycles. The molecule has 1 amide bonds. The highest BCUT2D eigenvalue weighted by Crippen LogP contribution is 2.46. The fourth-order valence-corrected chi connectivity index (χ4v) is 5.05. The van der Waals surface area contributed by atoms with Gasteiger partial charge in [-0.2, -0.15) is 0 Å². The van der Waals surface area contributed by atoms with Crippen LogP contribution in [0.3, 0.4) is 0 Å². The Labute approximate surface area is 153 Å². The van der Waals surface area contributed by atoms with Gasteiger partial charge in [-0.3, -0.25) is 9.69 Å². The van der Waals surface area contributed by atoms with E-state index in [1.807, 2.05) is 29.2 Å². The molecule has 0 bridgehead atoms. The summed E-state index contributed by atoms with van der Waals surface area (Å²) in [6.45, 7) is 0. The van der Waals surface area contributed by atoms with Gasteiger partial charge < -0.3 is 4.90 Å². The van der Waals surface area contributed by atoms with Gasteiger partial charge in [0.15, 0.2) is 5.11 Å². The fraction of sp³-hybridized carbons (Fsp3) is 0.176. The first-order chi connectivity index (χ1) is 11.6. The first-order valence-electron chi connectivity index (χ1n) is 7.35. The van der Waals surface area contributed by atoms with E-state index in [4.69, 9.17) is 23.8 Å². The lowest BCUT2D eigenvalue weighted by Crippen LogP contribution is -2.33. The Morgan fingerprint density at radius 1 is 1.12 bits per heavy atom. The molecule has 24 heavy (non-hydrogen) atoms. The highest BCUT2D eigenvalue weighted by molar-refractivity contribution is 7.99. The lowest BCUT2D eigenvalue weighted by molar-refractivity contribution is -0.119. The smallest absolute Gasteiger partial charge is 0.257 e. The first-order valence-corrected chi connectivity index (χ1v) is 9.18. The van der Waals surface area contributed by atoms with E-state index >= 15 is 0 Å². The van der Waals surface area contributed by atoms with Gasteiger partial charge in [-0.25, -0.2) is 4.39 Å². The van der Waals surface area contributed by atoms with Crippen LogP contribution < -0.4 is 4.90 Å². The molecule has 0 N–H and O–H groups in total. The van der Waals surface area contributed by atoms with Crippen molar-refractivity contribution in [3.8, 4) is 0 Å². The molecule has 0 aliphatic carbocycles. The van der Waals surface area contributed by atoms with Gasteiger partial charge >= 0.3 is 0 Å². The van der Waals surface area contributed by atoms with E-state index in [1.54, 1.807) is 23.9 Å². The van der Waals surface area contributed by atoms with Gasteiger partial charge in [-0.05, 0) is 54.2 Å². The van der Waals surface area contributed by atoms with E-state index < -0.39 is 0 Å². The maximum Gasteiger partial charge on any atom is 0.257 e. The van der Waals surface area contributed by atoms with E-state index in [2.05, 4.69) is 0 Å². The van der Waals surface area contributed by atoms with Gasteiger partial charge in [0.2, 0.25) is 0 Å². The highest BCUT2D eigenvalue weighted by Gasteiger charge is 2.50. The molecule has 4 rings (SSSR count). The van der Waals surface area contributed by atoms with Crippen molar-refractivity contribution in [2.24, 2.45) is 0 Å². The van der Waals surface area contributed by atoms with E-state index in [-0.39, 0.29) is 23.1 Å². The number of halogens is 2. The van der Waals surface area contributed by atoms with Crippen LogP contribution in [0.2, 0.25) is 5.02 Å². The molecule has 2 aromatic carbocycles. The summed E-state index contributed by atoms with van der Waals surface area (Å²) in [5.41, 5.74) is 1.66. The van der Waals surface area contributed by atoms with Crippen molar-refractivity contribution in [2.75, 3.05) is 10.7 Å². The number of nitrogens with zero attached hydrogens (tertiary/aromatic N) is 2. The van der Waals surface area contributed by atoms with Crippen LogP contribution in [0, 0.1) is 5.82 Å². The molecule has 1 unspecified atom stereocenters. The van der Waals surface area contributed by atoms with Crippen LogP contribution in [0.1, 0.15) is 10.9 Å². The zero-order valence-electron chi connectivity index (χ0n) is 12.4. The summed E-state index contributed by atoms with van der Waals surface area (Å²) in [6.07, 6.45) is 0. The number of rotatable bonds is 2. The number of carbonyl (C=O) groups is 1. The normalized spacial score (nSPS) is 23.1. The molecular formula is C17H12ClFN2OS2. The Morgan fingerprint density at radius 2 is 1.79 bits per heavy atom. The van der Waals surface area contributed by atoms with Crippen LogP contribution in [-0.2, 0) is 4.79 Å². The van der Waals surface area contributed by atoms with Crippen molar-refractivity contribution in [3.05, 3.63) is 64.9 Å². The third kappa shape index (κ3) is 2.49. The molecule has 2 atom stereocenters. The zero-order valence-corrected chi connectivity index (χ0v) is 14.7. The predicted octanol–water partition coefficient (Wildman–Crippen LogP) is 4.23. The quantitative estimate of drug-likeness (QED) is 0.730. The maximum absolute atomic E-state index is 13.2. The molecule has 2 heterocycles. The third-order valence-electron chi connectivity index (χ3n) is 4.16. The molecule has 0 aromatic heterocycles. The summed E-state index contributed by atoms with van der Waals surface area (Å²) in [4.78, 5) is 16.3. The van der Waals surface area contributed by atoms with Crippen LogP contribution in [0.5, 0.6) is 0 Å². The summed E-state index contributed by atoms with van der Waals surface area (Å²) in [7, 11) is 0. The molecule has 2 aromatic rings. The molecule has 2 aliphatic rings. The number of thiocarbonyl (C=S) groups is 1. The van der Waals surface area contributed by atoms with E-state index in [0.29, 0.717) is 21.6 Å². The number of hydrogen-bond acceptors (Lipinski definition) is 3. The number of anilines is 1. The standard InChI is InChI=1S/C17H12ClFN2OS2/c18-11-3-1-10(2-4-11)16-21-14(9-24-16)15(22)20(17(21)23)13-7-5-12(19)6-8-13/h1-8,14,16H,9H2/t14-,16?/m0/s1. The van der Waals surface area contributed by atoms with E-state index in [9.17, 15) is 9.18 Å². The van der Waals surface area contributed by atoms with Crippen LogP contribution >= 0.6 is 35.6 Å². The Bertz CT molecular complexity index is 812. The number of hydrogen-bond donors (Lipinski definition) is 0. The Kier molecular flexibility index (Phi) is 3.98. The van der Waals surface area contributed by atoms with E-state index in [1.165, 1.54) is 17.0 Å². The molecule has 7 heteroatoms. The second kappa shape index (κ2) is 6.02. The van der Waals surface area contributed by atoms with Crippen molar-refractivity contribution >= 4 is 52.3 Å². The minimum atomic E-state index is -0.341. The second-order valence-corrected chi connectivity index (χ2v) is 7.51. The van der Waals surface area contributed by atoms with Gasteiger partial charge in [0.25, 0.3) is 5.91 Å². The minimum Gasteiger partial charge on any atom is -0.319 e. The Hall–Kier alpha value is -1.63. The zero-order chi connectivity index (χ0) is 16.8. The molecule has 0 radical (unpaired) electrons. The van der Waals surface area contributed by atoms with Crippen molar-refractivity contribution in [1.82, 2.24) is 4.90 Å². The number of amides is 1. The highest BCUT2D eigenvalue weighted by atomic mass is 35.5. The summed E-state index contributed by atoms with van der Waals surface area (Å²) in [6, 6.07) is 13.1. The van der Waals surface area contributed by atoms with E-state index in [0.717, 1.165) is 5.56 Å². The van der Waals surface area contributed by atoms with Crippen LogP contribution in [0.15, 0.2) is 48.5 Å². The van der Waals surface area contributed by atoms with Crippen molar-refractivity contribution in [3.63, 3.8) is 0 Å². The number of carbonyl (C=O) groups excluding carboxylic acids is 1. The summed E-state index contributed by atoms with van der Waals surface area (Å²) in [5, 5.41) is 1.11. The predicted molar refractivity (Wildman–Crippen MR) is 98.8 cm³/mol. The molecular weight excluding hydrogens is 367 g/mol. The molecule has 0 saturated carbocycles. The molecule has 122 valence electrons. The van der Waals surface area contributed by atoms with Gasteiger partial charge in [0.1, 0.15) is 17.2 Å². The van der Waals surface area contributed by atoms with Gasteiger partial charge in [0, 0.05) is 10.8 Å². The molecule has 2 saturated heterocycles. The van der Waals surface area contributed by atoms with Gasteiger partial charge in [0.05, 0.1) is 5.69 Å². The van der Waals surface area contributed by atoms with Crippen molar-refractivity contribution in [1.29, 1.82) is 0 Å².